The molecule has 1 aromatic carbocycles. The van der Waals surface area contributed by atoms with Gasteiger partial charge < -0.3 is 15.2 Å². The molecule has 0 saturated heterocycles. The van der Waals surface area contributed by atoms with Crippen LogP contribution in [0, 0.1) is 17.0 Å². The second-order valence-electron chi connectivity index (χ2n) is 4.42. The third-order valence-corrected chi connectivity index (χ3v) is 2.93. The number of hydrogen-bond acceptors (Lipinski definition) is 6. The summed E-state index contributed by atoms with van der Waals surface area (Å²) in [5, 5.41) is 14.2. The van der Waals surface area contributed by atoms with E-state index in [-0.39, 0.29) is 17.4 Å². The fraction of sp³-hybridized carbons (Fsp3) is 0.231. The van der Waals surface area contributed by atoms with Crippen LogP contribution in [0.2, 0.25) is 0 Å². The smallest absolute Gasteiger partial charge is 0.316 e. The highest BCUT2D eigenvalue weighted by atomic mass is 16.6. The molecule has 0 saturated carbocycles. The summed E-state index contributed by atoms with van der Waals surface area (Å²) in [7, 11) is 0. The van der Waals surface area contributed by atoms with Crippen molar-refractivity contribution in [1.29, 1.82) is 0 Å². The van der Waals surface area contributed by atoms with Gasteiger partial charge in [0, 0.05) is 0 Å². The molecule has 2 rings (SSSR count). The zero-order valence-electron chi connectivity index (χ0n) is 11.2. The highest BCUT2D eigenvalue weighted by Crippen LogP contribution is 2.34. The number of para-hydroxylation sites is 1. The topological polar surface area (TPSA) is 106 Å². The summed E-state index contributed by atoms with van der Waals surface area (Å²) in [5.74, 6) is 6.81. The van der Waals surface area contributed by atoms with Crippen LogP contribution in [0.15, 0.2) is 34.7 Å². The lowest BCUT2D eigenvalue weighted by Gasteiger charge is -2.14. The minimum Gasteiger partial charge on any atom is -0.464 e. The van der Waals surface area contributed by atoms with Gasteiger partial charge in [-0.15, -0.1) is 0 Å². The van der Waals surface area contributed by atoms with Crippen LogP contribution in [0.3, 0.4) is 0 Å². The van der Waals surface area contributed by atoms with Crippen LogP contribution in [0.1, 0.15) is 24.5 Å². The number of hydrazine groups is 1. The van der Waals surface area contributed by atoms with E-state index < -0.39 is 4.92 Å². The van der Waals surface area contributed by atoms with E-state index in [1.165, 1.54) is 0 Å². The molecule has 7 nitrogen and oxygen atoms in total. The summed E-state index contributed by atoms with van der Waals surface area (Å²) in [5.41, 5.74) is 2.87. The van der Waals surface area contributed by atoms with E-state index >= 15 is 0 Å². The van der Waals surface area contributed by atoms with E-state index in [0.29, 0.717) is 11.4 Å². The van der Waals surface area contributed by atoms with Gasteiger partial charge in [0.2, 0.25) is 0 Å². The molecule has 0 aliphatic heterocycles. The second-order valence-corrected chi connectivity index (χ2v) is 4.42. The molecule has 1 unspecified atom stereocenters. The first-order valence-corrected chi connectivity index (χ1v) is 6.10. The van der Waals surface area contributed by atoms with Gasteiger partial charge >= 0.3 is 5.69 Å². The van der Waals surface area contributed by atoms with Crippen molar-refractivity contribution < 1.29 is 9.34 Å². The van der Waals surface area contributed by atoms with Gasteiger partial charge in [-0.1, -0.05) is 6.07 Å². The van der Waals surface area contributed by atoms with Crippen LogP contribution in [0.5, 0.6) is 0 Å². The van der Waals surface area contributed by atoms with Crippen molar-refractivity contribution in [2.45, 2.75) is 19.9 Å². The summed E-state index contributed by atoms with van der Waals surface area (Å²) in [4.78, 5) is 10.7. The minimum atomic E-state index is -0.475. The molecule has 0 spiro atoms. The Balaban J connectivity index is 2.31. The van der Waals surface area contributed by atoms with E-state index in [1.807, 2.05) is 26.0 Å². The largest absolute Gasteiger partial charge is 0.464 e. The molecule has 1 aromatic heterocycles. The third-order valence-electron chi connectivity index (χ3n) is 2.93. The number of nitro groups is 1. The van der Waals surface area contributed by atoms with Crippen molar-refractivity contribution >= 4 is 17.1 Å². The van der Waals surface area contributed by atoms with Crippen LogP contribution in [-0.2, 0) is 0 Å². The number of rotatable bonds is 5. The van der Waals surface area contributed by atoms with Crippen LogP contribution in [-0.4, -0.2) is 4.92 Å². The number of furan rings is 1. The second kappa shape index (κ2) is 5.62. The van der Waals surface area contributed by atoms with Crippen molar-refractivity contribution in [3.05, 3.63) is 52.0 Å². The van der Waals surface area contributed by atoms with Gasteiger partial charge in [-0.25, -0.2) is 0 Å². The number of hydrogen-bond donors (Lipinski definition) is 3. The van der Waals surface area contributed by atoms with Crippen molar-refractivity contribution in [3.8, 4) is 0 Å². The molecule has 20 heavy (non-hydrogen) atoms. The molecule has 7 heteroatoms. The molecule has 0 amide bonds. The average Bonchev–Trinajstić information content (AvgIpc) is 2.84. The number of aryl methyl sites for hydroxylation is 1. The maximum absolute atomic E-state index is 11.2. The molecule has 0 aliphatic carbocycles. The van der Waals surface area contributed by atoms with Gasteiger partial charge in [0.1, 0.15) is 22.9 Å². The monoisotopic (exact) mass is 276 g/mol. The van der Waals surface area contributed by atoms with E-state index in [1.54, 1.807) is 18.2 Å². The molecule has 0 fully saturated rings. The normalized spacial score (nSPS) is 11.9. The predicted octanol–water partition coefficient (Wildman–Crippen LogP) is 2.95. The lowest BCUT2D eigenvalue weighted by Crippen LogP contribution is -2.12. The third kappa shape index (κ3) is 2.72. The van der Waals surface area contributed by atoms with Gasteiger partial charge in [0.25, 0.3) is 0 Å². The van der Waals surface area contributed by atoms with Crippen LogP contribution < -0.4 is 16.6 Å². The fourth-order valence-electron chi connectivity index (χ4n) is 1.96. The average molecular weight is 276 g/mol. The van der Waals surface area contributed by atoms with E-state index in [2.05, 4.69) is 10.7 Å². The summed E-state index contributed by atoms with van der Waals surface area (Å²) in [6.45, 7) is 3.71. The van der Waals surface area contributed by atoms with Crippen molar-refractivity contribution in [2.24, 2.45) is 5.84 Å². The SMILES string of the molecule is Cc1ccc(C(C)Nc2cccc(NN)c2[N+](=O)[O-])o1. The summed E-state index contributed by atoms with van der Waals surface area (Å²) < 4.78 is 5.50. The van der Waals surface area contributed by atoms with Gasteiger partial charge in [-0.2, -0.15) is 0 Å². The number of nitrogens with zero attached hydrogens (tertiary/aromatic N) is 1. The summed E-state index contributed by atoms with van der Waals surface area (Å²) >= 11 is 0. The molecular formula is C13H16N4O3. The maximum atomic E-state index is 11.2. The molecule has 4 N–H and O–H groups in total. The number of nitro benzene ring substituents is 1. The van der Waals surface area contributed by atoms with Gasteiger partial charge in [0.05, 0.1) is 11.0 Å². The molecule has 1 heterocycles. The molecule has 1 atom stereocenters. The first-order valence-electron chi connectivity index (χ1n) is 6.10. The standard InChI is InChI=1S/C13H16N4O3/c1-8-6-7-12(20-8)9(2)15-10-4-3-5-11(16-14)13(10)17(18)19/h3-7,9,15-16H,14H2,1-2H3. The van der Waals surface area contributed by atoms with E-state index in [4.69, 9.17) is 10.3 Å². The molecule has 2 aromatic rings. The Morgan fingerprint density at radius 2 is 2.00 bits per heavy atom. The highest BCUT2D eigenvalue weighted by Gasteiger charge is 2.21. The van der Waals surface area contributed by atoms with Gasteiger partial charge in [-0.3, -0.25) is 16.0 Å². The molecule has 0 aliphatic rings. The van der Waals surface area contributed by atoms with E-state index in [9.17, 15) is 10.1 Å². The summed E-state index contributed by atoms with van der Waals surface area (Å²) in [6, 6.07) is 8.35. The van der Waals surface area contributed by atoms with Crippen molar-refractivity contribution in [1.82, 2.24) is 0 Å². The number of benzene rings is 1. The number of nitrogen functional groups attached to an aromatic ring is 1. The fourth-order valence-corrected chi connectivity index (χ4v) is 1.96. The van der Waals surface area contributed by atoms with Gasteiger partial charge in [0.15, 0.2) is 0 Å². The quantitative estimate of drug-likeness (QED) is 0.440. The minimum absolute atomic E-state index is 0.0925. The van der Waals surface area contributed by atoms with Gasteiger partial charge in [-0.05, 0) is 38.1 Å². The molecule has 106 valence electrons. The Morgan fingerprint density at radius 3 is 2.55 bits per heavy atom. The Kier molecular flexibility index (Phi) is 3.90. The Labute approximate surface area is 115 Å². The molecule has 0 bridgehead atoms. The van der Waals surface area contributed by atoms with Crippen LogP contribution in [0.4, 0.5) is 17.1 Å². The number of nitrogens with one attached hydrogen (secondary N) is 2. The van der Waals surface area contributed by atoms with E-state index in [0.717, 1.165) is 5.76 Å². The summed E-state index contributed by atoms with van der Waals surface area (Å²) in [6.07, 6.45) is 0. The number of nitrogens with two attached hydrogens (primary N) is 1. The zero-order chi connectivity index (χ0) is 14.7. The molecular weight excluding hydrogens is 260 g/mol. The first kappa shape index (κ1) is 13.9. The van der Waals surface area contributed by atoms with Crippen molar-refractivity contribution in [2.75, 3.05) is 10.7 Å². The lowest BCUT2D eigenvalue weighted by atomic mass is 10.2. The Hall–Kier alpha value is -2.54. The Morgan fingerprint density at radius 1 is 1.30 bits per heavy atom. The Bertz CT molecular complexity index is 624. The van der Waals surface area contributed by atoms with Crippen LogP contribution in [0.25, 0.3) is 0 Å². The maximum Gasteiger partial charge on any atom is 0.316 e. The predicted molar refractivity (Wildman–Crippen MR) is 76.4 cm³/mol. The van der Waals surface area contributed by atoms with Crippen molar-refractivity contribution in [3.63, 3.8) is 0 Å². The number of anilines is 2. The lowest BCUT2D eigenvalue weighted by molar-refractivity contribution is -0.383. The first-order chi connectivity index (χ1) is 9.52. The highest BCUT2D eigenvalue weighted by molar-refractivity contribution is 5.76. The van der Waals surface area contributed by atoms with Crippen LogP contribution >= 0.6 is 0 Å². The zero-order valence-corrected chi connectivity index (χ0v) is 11.2. The molecule has 0 radical (unpaired) electrons.